The third kappa shape index (κ3) is 3.02. The summed E-state index contributed by atoms with van der Waals surface area (Å²) in [6.45, 7) is 5.59. The van der Waals surface area contributed by atoms with E-state index in [1.165, 1.54) is 36.8 Å². The molecule has 1 saturated carbocycles. The molecule has 0 saturated heterocycles. The van der Waals surface area contributed by atoms with E-state index >= 15 is 0 Å². The Morgan fingerprint density at radius 3 is 2.78 bits per heavy atom. The zero-order valence-electron chi connectivity index (χ0n) is 11.9. The van der Waals surface area contributed by atoms with E-state index in [1.54, 1.807) is 5.57 Å². The second kappa shape index (κ2) is 6.19. The molecule has 0 radical (unpaired) electrons. The van der Waals surface area contributed by atoms with Crippen molar-refractivity contribution in [2.75, 3.05) is 13.6 Å². The third-order valence-corrected chi connectivity index (χ3v) is 4.18. The first-order chi connectivity index (χ1) is 8.72. The Labute approximate surface area is 112 Å². The van der Waals surface area contributed by atoms with Gasteiger partial charge in [-0.05, 0) is 50.9 Å². The fourth-order valence-corrected chi connectivity index (χ4v) is 2.86. The molecule has 0 heterocycles. The molecule has 18 heavy (non-hydrogen) atoms. The fraction of sp³-hybridized carbons (Fsp3) is 0.529. The first kappa shape index (κ1) is 13.4. The highest BCUT2D eigenvalue weighted by molar-refractivity contribution is 5.57. The number of likely N-dealkylation sites (N-methyl/N-ethyl adjacent to an activating group) is 1. The summed E-state index contributed by atoms with van der Waals surface area (Å²) in [6, 6.07) is 9.35. The second-order valence-corrected chi connectivity index (χ2v) is 5.41. The van der Waals surface area contributed by atoms with Crippen molar-refractivity contribution in [3.8, 4) is 0 Å². The minimum absolute atomic E-state index is 0.656. The Hall–Kier alpha value is -1.08. The number of hydrogen-bond donors (Lipinski definition) is 0. The molecule has 0 aromatic heterocycles. The molecule has 1 fully saturated rings. The van der Waals surface area contributed by atoms with Crippen LogP contribution in [0.15, 0.2) is 29.8 Å². The van der Waals surface area contributed by atoms with Crippen molar-refractivity contribution >= 4 is 6.08 Å². The van der Waals surface area contributed by atoms with Crippen LogP contribution in [0.3, 0.4) is 0 Å². The summed E-state index contributed by atoms with van der Waals surface area (Å²) < 4.78 is 0. The van der Waals surface area contributed by atoms with Crippen molar-refractivity contribution in [3.05, 3.63) is 41.0 Å². The van der Waals surface area contributed by atoms with E-state index < -0.39 is 0 Å². The van der Waals surface area contributed by atoms with Crippen molar-refractivity contribution in [1.29, 1.82) is 0 Å². The molecule has 1 heteroatoms. The molecule has 1 aliphatic carbocycles. The summed E-state index contributed by atoms with van der Waals surface area (Å²) in [4.78, 5) is 2.49. The van der Waals surface area contributed by atoms with Crippen LogP contribution in [-0.4, -0.2) is 24.5 Å². The van der Waals surface area contributed by atoms with Crippen LogP contribution >= 0.6 is 0 Å². The predicted octanol–water partition coefficient (Wildman–Crippen LogP) is 4.27. The number of hydrogen-bond acceptors (Lipinski definition) is 1. The molecule has 1 atom stereocenters. The van der Waals surface area contributed by atoms with E-state index in [0.717, 1.165) is 6.54 Å². The smallest absolute Gasteiger partial charge is 0.0307 e. The largest absolute Gasteiger partial charge is 0.300 e. The van der Waals surface area contributed by atoms with E-state index in [-0.39, 0.29) is 0 Å². The number of nitrogens with zero attached hydrogens (tertiary/aromatic N) is 1. The maximum Gasteiger partial charge on any atom is 0.0307 e. The van der Waals surface area contributed by atoms with Gasteiger partial charge in [0, 0.05) is 6.04 Å². The zero-order valence-corrected chi connectivity index (χ0v) is 11.9. The summed E-state index contributed by atoms with van der Waals surface area (Å²) in [7, 11) is 2.25. The van der Waals surface area contributed by atoms with Crippen molar-refractivity contribution in [1.82, 2.24) is 4.90 Å². The molecule has 1 aromatic rings. The molecule has 0 spiro atoms. The van der Waals surface area contributed by atoms with E-state index in [0.29, 0.717) is 6.04 Å². The molecule has 1 aliphatic rings. The summed E-state index contributed by atoms with van der Waals surface area (Å²) in [5.41, 5.74) is 4.40. The lowest BCUT2D eigenvalue weighted by molar-refractivity contribution is 0.250. The van der Waals surface area contributed by atoms with Crippen LogP contribution in [0.5, 0.6) is 0 Å². The maximum absolute atomic E-state index is 2.49. The van der Waals surface area contributed by atoms with Gasteiger partial charge in [0.05, 0.1) is 0 Å². The molecule has 0 aliphatic heterocycles. The van der Waals surface area contributed by atoms with Gasteiger partial charge >= 0.3 is 0 Å². The monoisotopic (exact) mass is 243 g/mol. The summed E-state index contributed by atoms with van der Waals surface area (Å²) in [6.07, 6.45) is 7.75. The van der Waals surface area contributed by atoms with Gasteiger partial charge in [-0.15, -0.1) is 0 Å². The van der Waals surface area contributed by atoms with Crippen LogP contribution in [0.4, 0.5) is 0 Å². The summed E-state index contributed by atoms with van der Waals surface area (Å²) in [5.74, 6) is 0. The molecular weight excluding hydrogens is 218 g/mol. The fourth-order valence-electron chi connectivity index (χ4n) is 2.86. The Balaban J connectivity index is 2.26. The van der Waals surface area contributed by atoms with Gasteiger partial charge in [-0.1, -0.05) is 49.3 Å². The normalized spacial score (nSPS) is 22.7. The minimum atomic E-state index is 0.656. The highest BCUT2D eigenvalue weighted by Crippen LogP contribution is 2.29. The highest BCUT2D eigenvalue weighted by Gasteiger charge is 2.21. The Kier molecular flexibility index (Phi) is 4.60. The van der Waals surface area contributed by atoms with Crippen molar-refractivity contribution in [2.24, 2.45) is 0 Å². The van der Waals surface area contributed by atoms with E-state index in [1.807, 2.05) is 0 Å². The maximum atomic E-state index is 2.49. The average molecular weight is 243 g/mol. The Morgan fingerprint density at radius 1 is 1.28 bits per heavy atom. The lowest BCUT2D eigenvalue weighted by Crippen LogP contribution is -2.34. The first-order valence-electron chi connectivity index (χ1n) is 7.18. The lowest BCUT2D eigenvalue weighted by Gasteiger charge is -2.33. The molecule has 2 rings (SSSR count). The van der Waals surface area contributed by atoms with Gasteiger partial charge in [0.25, 0.3) is 0 Å². The molecule has 0 amide bonds. The lowest BCUT2D eigenvalue weighted by atomic mass is 9.87. The number of benzene rings is 1. The van der Waals surface area contributed by atoms with Gasteiger partial charge < -0.3 is 0 Å². The second-order valence-electron chi connectivity index (χ2n) is 5.41. The molecule has 1 aromatic carbocycles. The first-order valence-corrected chi connectivity index (χ1v) is 7.18. The Morgan fingerprint density at radius 2 is 2.06 bits per heavy atom. The Bertz CT molecular complexity index is 419. The van der Waals surface area contributed by atoms with Gasteiger partial charge in [-0.2, -0.15) is 0 Å². The van der Waals surface area contributed by atoms with Crippen LogP contribution in [0.25, 0.3) is 6.08 Å². The van der Waals surface area contributed by atoms with Crippen LogP contribution in [0.1, 0.15) is 43.7 Å². The topological polar surface area (TPSA) is 3.24 Å². The third-order valence-electron chi connectivity index (χ3n) is 4.18. The van der Waals surface area contributed by atoms with E-state index in [4.69, 9.17) is 0 Å². The van der Waals surface area contributed by atoms with E-state index in [9.17, 15) is 0 Å². The quantitative estimate of drug-likeness (QED) is 0.766. The zero-order chi connectivity index (χ0) is 13.0. The molecule has 98 valence electrons. The molecule has 0 bridgehead atoms. The van der Waals surface area contributed by atoms with Gasteiger partial charge in [0.15, 0.2) is 0 Å². The molecule has 1 unspecified atom stereocenters. The average Bonchev–Trinajstić information content (AvgIpc) is 2.41. The van der Waals surface area contributed by atoms with Crippen LogP contribution < -0.4 is 0 Å². The van der Waals surface area contributed by atoms with Crippen LogP contribution in [-0.2, 0) is 0 Å². The van der Waals surface area contributed by atoms with Crippen LogP contribution in [0, 0.1) is 6.92 Å². The standard InChI is InChI=1S/C17H25N/c1-4-18(3)17-12-8-7-11-16(17)13-15-10-6-5-9-14(15)2/h5-6,9-10,13,17H,4,7-8,11-12H2,1-3H3/b16-13-. The summed E-state index contributed by atoms with van der Waals surface area (Å²) in [5, 5.41) is 0. The van der Waals surface area contributed by atoms with Gasteiger partial charge in [-0.25, -0.2) is 0 Å². The van der Waals surface area contributed by atoms with Crippen LogP contribution in [0.2, 0.25) is 0 Å². The SMILES string of the molecule is CCN(C)C1CCCC/C1=C/c1ccccc1C. The van der Waals surface area contributed by atoms with Gasteiger partial charge in [-0.3, -0.25) is 4.90 Å². The van der Waals surface area contributed by atoms with Crippen molar-refractivity contribution in [2.45, 2.75) is 45.6 Å². The molecule has 1 nitrogen and oxygen atoms in total. The van der Waals surface area contributed by atoms with Gasteiger partial charge in [0.2, 0.25) is 0 Å². The number of rotatable bonds is 3. The molecular formula is C17H25N. The number of aryl methyl sites for hydroxylation is 1. The van der Waals surface area contributed by atoms with E-state index in [2.05, 4.69) is 56.1 Å². The van der Waals surface area contributed by atoms with Gasteiger partial charge in [0.1, 0.15) is 0 Å². The summed E-state index contributed by atoms with van der Waals surface area (Å²) >= 11 is 0. The van der Waals surface area contributed by atoms with Crippen molar-refractivity contribution < 1.29 is 0 Å². The predicted molar refractivity (Wildman–Crippen MR) is 79.7 cm³/mol. The molecule has 0 N–H and O–H groups in total. The minimum Gasteiger partial charge on any atom is -0.300 e. The van der Waals surface area contributed by atoms with Crippen molar-refractivity contribution in [3.63, 3.8) is 0 Å². The highest BCUT2D eigenvalue weighted by atomic mass is 15.1.